The number of amides is 1. The first-order chi connectivity index (χ1) is 29.7. The van der Waals surface area contributed by atoms with E-state index < -0.39 is 32.5 Å². The number of fused-ring (bicyclic) bond motifs is 7. The lowest BCUT2D eigenvalue weighted by Gasteiger charge is -2.42. The number of rotatable bonds is 11. The van der Waals surface area contributed by atoms with Crippen LogP contribution < -0.4 is 4.90 Å². The van der Waals surface area contributed by atoms with E-state index in [0.29, 0.717) is 48.2 Å². The van der Waals surface area contributed by atoms with Gasteiger partial charge in [0.2, 0.25) is 5.16 Å². The molecule has 5 aromatic heterocycles. The number of carbonyl (C=O) groups is 1. The van der Waals surface area contributed by atoms with E-state index in [4.69, 9.17) is 29.5 Å². The zero-order valence-corrected chi connectivity index (χ0v) is 43.7. The molecule has 336 valence electrons. The van der Waals surface area contributed by atoms with Gasteiger partial charge in [0.05, 0.1) is 50.4 Å². The van der Waals surface area contributed by atoms with Gasteiger partial charge >= 0.3 is 6.09 Å². The van der Waals surface area contributed by atoms with Crippen LogP contribution in [0.5, 0.6) is 0 Å². The van der Waals surface area contributed by atoms with Crippen LogP contribution in [-0.4, -0.2) is 99.7 Å². The van der Waals surface area contributed by atoms with Crippen molar-refractivity contribution in [1.29, 1.82) is 0 Å². The summed E-state index contributed by atoms with van der Waals surface area (Å²) in [5.74, 6) is 4.58. The summed E-state index contributed by atoms with van der Waals surface area (Å²) in [4.78, 5) is 33.7. The predicted octanol–water partition coefficient (Wildman–Crippen LogP) is 11.7. The van der Waals surface area contributed by atoms with Gasteiger partial charge in [0.15, 0.2) is 0 Å². The van der Waals surface area contributed by atoms with Crippen molar-refractivity contribution >= 4 is 103 Å². The van der Waals surface area contributed by atoms with E-state index in [1.807, 2.05) is 42.7 Å². The van der Waals surface area contributed by atoms with Crippen molar-refractivity contribution in [3.05, 3.63) is 35.5 Å². The standard InChI is InChI=1S/C47H63N7O4S3Si2/c1-28(2)63(29(3)4,30(5)6)20-17-31-26-59-37-22-36-35(23-49-53(36)27-57-19-21-62(11,12)13)39(38(31)37)41-42-34(16-18-48-41)40-43(50-45(61(10)56)51-44(40)60-42)52-24-32-14-15-33(25-52)54(32)46(55)58-47(7,8)9/h16,18,22-23,26,28-30,32-33H,14-15,19,21,24-25,27H2,1-13H3. The minimum absolute atomic E-state index is 0.0229. The fraction of sp³-hybridized carbons (Fsp3) is 0.553. The molecular formula is C47H63N7O4S3Si2. The SMILES string of the molecule is CC(C)[Si](C#Cc1csc2cc3c(cnn3COCC[Si](C)(C)C)c(-c3nccc4c3sc3nc(S(C)=O)nc(N5CC6CCC(C5)N6C(=O)OC(C)(C)C)c34)c12)(C(C)C)C(C)C. The molecule has 11 nitrogen and oxygen atoms in total. The molecule has 6 aromatic rings. The van der Waals surface area contributed by atoms with Crippen LogP contribution in [0.3, 0.4) is 0 Å². The van der Waals surface area contributed by atoms with Gasteiger partial charge in [-0.15, -0.1) is 28.2 Å². The average molecular weight is 942 g/mol. The van der Waals surface area contributed by atoms with E-state index in [-0.39, 0.29) is 18.2 Å². The van der Waals surface area contributed by atoms with Gasteiger partial charge in [0, 0.05) is 77.6 Å². The van der Waals surface area contributed by atoms with Gasteiger partial charge in [-0.25, -0.2) is 19.4 Å². The van der Waals surface area contributed by atoms with Gasteiger partial charge in [0.1, 0.15) is 31.1 Å². The van der Waals surface area contributed by atoms with Crippen LogP contribution in [0.2, 0.25) is 42.3 Å². The maximum atomic E-state index is 13.4. The Morgan fingerprint density at radius 1 is 1.00 bits per heavy atom. The first kappa shape index (κ1) is 45.8. The van der Waals surface area contributed by atoms with Crippen molar-refractivity contribution in [3.8, 4) is 22.7 Å². The van der Waals surface area contributed by atoms with Crippen LogP contribution in [0.15, 0.2) is 35.1 Å². The molecule has 0 N–H and O–H groups in total. The van der Waals surface area contributed by atoms with Crippen LogP contribution in [0.25, 0.3) is 52.5 Å². The van der Waals surface area contributed by atoms with E-state index in [9.17, 15) is 9.00 Å². The minimum atomic E-state index is -2.05. The predicted molar refractivity (Wildman–Crippen MR) is 268 cm³/mol. The summed E-state index contributed by atoms with van der Waals surface area (Å²) in [5, 5.41) is 11.5. The van der Waals surface area contributed by atoms with Crippen LogP contribution in [0.1, 0.15) is 80.7 Å². The number of hydrogen-bond acceptors (Lipinski definition) is 11. The second-order valence-corrected chi connectivity index (χ2v) is 35.0. The molecule has 0 radical (unpaired) electrons. The largest absolute Gasteiger partial charge is 0.444 e. The van der Waals surface area contributed by atoms with Crippen LogP contribution in [0, 0.1) is 11.5 Å². The molecule has 2 fully saturated rings. The molecule has 2 bridgehead atoms. The smallest absolute Gasteiger partial charge is 0.410 e. The number of piperazine rings is 1. The van der Waals surface area contributed by atoms with Crippen LogP contribution >= 0.6 is 22.7 Å². The number of thiophene rings is 2. The summed E-state index contributed by atoms with van der Waals surface area (Å²) in [6, 6.07) is 5.35. The molecule has 2 saturated heterocycles. The van der Waals surface area contributed by atoms with Crippen molar-refractivity contribution in [2.75, 3.05) is 30.9 Å². The van der Waals surface area contributed by atoms with Gasteiger partial charge in [-0.05, 0) is 68.4 Å². The molecule has 63 heavy (non-hydrogen) atoms. The Hall–Kier alpha value is -3.73. The van der Waals surface area contributed by atoms with Gasteiger partial charge in [-0.2, -0.15) is 5.10 Å². The van der Waals surface area contributed by atoms with E-state index in [1.54, 1.807) is 28.9 Å². The summed E-state index contributed by atoms with van der Waals surface area (Å²) in [6.07, 6.45) is 7.00. The molecule has 0 saturated carbocycles. The normalized spacial score (nSPS) is 17.9. The highest BCUT2D eigenvalue weighted by molar-refractivity contribution is 7.84. The molecule has 16 heteroatoms. The Balaban J connectivity index is 1.32. The van der Waals surface area contributed by atoms with E-state index in [2.05, 4.69) is 95.1 Å². The highest BCUT2D eigenvalue weighted by atomic mass is 32.2. The van der Waals surface area contributed by atoms with Gasteiger partial charge in [-0.1, -0.05) is 67.1 Å². The number of pyridine rings is 1. The van der Waals surface area contributed by atoms with Crippen molar-refractivity contribution in [2.45, 2.75) is 147 Å². The number of carbonyl (C=O) groups excluding carboxylic acids is 1. The third kappa shape index (κ3) is 8.62. The Morgan fingerprint density at radius 3 is 2.30 bits per heavy atom. The Bertz CT molecular complexity index is 2770. The Morgan fingerprint density at radius 2 is 1.68 bits per heavy atom. The van der Waals surface area contributed by atoms with Crippen molar-refractivity contribution in [1.82, 2.24) is 29.6 Å². The third-order valence-electron chi connectivity index (χ3n) is 13.1. The highest BCUT2D eigenvalue weighted by Gasteiger charge is 2.45. The number of anilines is 1. The average Bonchev–Trinajstić information content (AvgIpc) is 3.96. The summed E-state index contributed by atoms with van der Waals surface area (Å²) in [5.41, 5.74) is 8.79. The first-order valence-electron chi connectivity index (χ1n) is 22.4. The van der Waals surface area contributed by atoms with Crippen molar-refractivity contribution in [2.24, 2.45) is 0 Å². The van der Waals surface area contributed by atoms with Crippen LogP contribution in [0.4, 0.5) is 10.6 Å². The number of aromatic nitrogens is 5. The van der Waals surface area contributed by atoms with Crippen molar-refractivity contribution in [3.63, 3.8) is 0 Å². The third-order valence-corrected chi connectivity index (χ3v) is 23.8. The quantitative estimate of drug-likeness (QED) is 0.0542. The minimum Gasteiger partial charge on any atom is -0.444 e. The maximum absolute atomic E-state index is 13.4. The summed E-state index contributed by atoms with van der Waals surface area (Å²) < 4.78 is 29.4. The lowest BCUT2D eigenvalue weighted by molar-refractivity contribution is 0.0123. The molecule has 2 aliphatic rings. The molecule has 3 unspecified atom stereocenters. The summed E-state index contributed by atoms with van der Waals surface area (Å²) in [6.45, 7) is 29.2. The van der Waals surface area contributed by atoms with Crippen molar-refractivity contribution < 1.29 is 18.5 Å². The van der Waals surface area contributed by atoms with Gasteiger partial charge < -0.3 is 14.4 Å². The molecule has 2 aliphatic heterocycles. The second kappa shape index (κ2) is 17.2. The Kier molecular flexibility index (Phi) is 12.5. The highest BCUT2D eigenvalue weighted by Crippen LogP contribution is 2.48. The fourth-order valence-electron chi connectivity index (χ4n) is 10.1. The lowest BCUT2D eigenvalue weighted by atomic mass is 9.98. The molecule has 8 rings (SSSR count). The fourth-order valence-corrected chi connectivity index (χ4v) is 18.7. The van der Waals surface area contributed by atoms with Gasteiger partial charge in [-0.3, -0.25) is 14.1 Å². The first-order valence-corrected chi connectivity index (χ1v) is 31.6. The Labute approximate surface area is 384 Å². The number of ether oxygens (including phenoxy) is 2. The number of hydrogen-bond donors (Lipinski definition) is 0. The molecular weight excluding hydrogens is 879 g/mol. The monoisotopic (exact) mass is 941 g/mol. The van der Waals surface area contributed by atoms with Gasteiger partial charge in [0.25, 0.3) is 0 Å². The zero-order chi connectivity index (χ0) is 45.3. The summed E-state index contributed by atoms with van der Waals surface area (Å²) in [7, 11) is -4.75. The lowest BCUT2D eigenvalue weighted by Crippen LogP contribution is -2.57. The molecule has 3 atom stereocenters. The molecule has 1 amide bonds. The van der Waals surface area contributed by atoms with Crippen LogP contribution in [-0.2, 0) is 27.0 Å². The molecule has 0 aliphatic carbocycles. The maximum Gasteiger partial charge on any atom is 0.410 e. The zero-order valence-electron chi connectivity index (χ0n) is 39.2. The van der Waals surface area contributed by atoms with E-state index in [1.165, 1.54) is 0 Å². The second-order valence-electron chi connectivity index (χ2n) is 20.6. The number of benzene rings is 1. The molecule has 7 heterocycles. The van der Waals surface area contributed by atoms with E-state index in [0.717, 1.165) is 82.8 Å². The molecule has 1 aromatic carbocycles. The van der Waals surface area contributed by atoms with E-state index >= 15 is 0 Å². The summed E-state index contributed by atoms with van der Waals surface area (Å²) >= 11 is 3.29. The molecule has 0 spiro atoms. The topological polar surface area (TPSA) is 116 Å². The number of nitrogens with zero attached hydrogens (tertiary/aromatic N) is 7.